The number of methoxy groups -OCH3 is 1. The summed E-state index contributed by atoms with van der Waals surface area (Å²) in [6, 6.07) is 5.90. The summed E-state index contributed by atoms with van der Waals surface area (Å²) in [5.74, 6) is -2.90. The third-order valence-electron chi connectivity index (χ3n) is 3.99. The Kier molecular flexibility index (Phi) is 6.15. The molecule has 0 aliphatic heterocycles. The first-order valence-electron chi connectivity index (χ1n) is 8.13. The molecule has 0 spiro atoms. The smallest absolute Gasteiger partial charge is 0.381 e. The van der Waals surface area contributed by atoms with E-state index in [-0.39, 0.29) is 29.3 Å². The molecule has 0 atom stereocenters. The first kappa shape index (κ1) is 19.7. The highest BCUT2D eigenvalue weighted by atomic mass is 16.7. The molecule has 0 unspecified atom stereocenters. The molecule has 1 aromatic rings. The molecule has 0 aromatic heterocycles. The lowest BCUT2D eigenvalue weighted by Crippen LogP contribution is -2.38. The van der Waals surface area contributed by atoms with E-state index in [9.17, 15) is 19.2 Å². The van der Waals surface area contributed by atoms with E-state index in [4.69, 9.17) is 0 Å². The number of carbonyl (C=O) groups excluding carboxylic acids is 4. The van der Waals surface area contributed by atoms with Crippen LogP contribution < -0.4 is 0 Å². The van der Waals surface area contributed by atoms with E-state index in [1.54, 1.807) is 0 Å². The van der Waals surface area contributed by atoms with E-state index < -0.39 is 17.7 Å². The zero-order chi connectivity index (χ0) is 19.3. The second kappa shape index (κ2) is 8.14. The summed E-state index contributed by atoms with van der Waals surface area (Å²) in [7, 11) is 1.34. The monoisotopic (exact) mass is 359 g/mol. The van der Waals surface area contributed by atoms with Gasteiger partial charge in [-0.25, -0.2) is 4.79 Å². The number of nitrogens with zero attached hydrogens (tertiary/aromatic N) is 1. The van der Waals surface area contributed by atoms with Crippen LogP contribution in [0.2, 0.25) is 0 Å². The van der Waals surface area contributed by atoms with Gasteiger partial charge in [-0.15, -0.1) is 0 Å². The van der Waals surface area contributed by atoms with E-state index in [1.165, 1.54) is 37.6 Å². The van der Waals surface area contributed by atoms with Crippen LogP contribution in [0.25, 0.3) is 0 Å². The van der Waals surface area contributed by atoms with Gasteiger partial charge in [0.15, 0.2) is 6.79 Å². The van der Waals surface area contributed by atoms with Gasteiger partial charge in [-0.05, 0) is 29.7 Å². The molecule has 1 saturated carbocycles. The molecule has 26 heavy (non-hydrogen) atoms. The molecule has 1 aliphatic carbocycles. The molecule has 1 aliphatic rings. The lowest BCUT2D eigenvalue weighted by molar-refractivity contribution is -0.148. The van der Waals surface area contributed by atoms with Crippen LogP contribution in [-0.2, 0) is 23.9 Å². The number of hydrogen-bond acceptors (Lipinski definition) is 7. The minimum atomic E-state index is -1.01. The summed E-state index contributed by atoms with van der Waals surface area (Å²) in [5, 5.41) is 0. The number of rotatable bonds is 6. The van der Waals surface area contributed by atoms with Crippen molar-refractivity contribution >= 4 is 35.2 Å². The predicted molar refractivity (Wildman–Crippen MR) is 93.4 cm³/mol. The molecule has 1 aromatic carbocycles. The van der Waals surface area contributed by atoms with E-state index in [0.29, 0.717) is 18.5 Å². The third-order valence-corrected chi connectivity index (χ3v) is 3.99. The topological polar surface area (TPSA) is 99.1 Å². The first-order chi connectivity index (χ1) is 12.2. The Balaban J connectivity index is 2.04. The predicted octanol–water partition coefficient (Wildman–Crippen LogP) is 2.29. The summed E-state index contributed by atoms with van der Waals surface area (Å²) in [6.45, 7) is 3.49. The van der Waals surface area contributed by atoms with Gasteiger partial charge in [0.2, 0.25) is 0 Å². The SMILES string of the molecule is COCOC(=O)C(=O)c1ccc(N=CC2C(=O)CC(C)(C)CC2=O)cc1. The Morgan fingerprint density at radius 2 is 1.73 bits per heavy atom. The standard InChI is InChI=1S/C19H21NO6/c1-19(2)8-15(21)14(16(22)9-19)10-20-13-6-4-12(5-7-13)17(23)18(24)26-11-25-3/h4-7,10,14H,8-9,11H2,1-3H3. The number of aliphatic imine (C=N–C) groups is 1. The van der Waals surface area contributed by atoms with Crippen molar-refractivity contribution in [2.75, 3.05) is 13.9 Å². The Labute approximate surface area is 151 Å². The van der Waals surface area contributed by atoms with Gasteiger partial charge in [0.1, 0.15) is 17.5 Å². The van der Waals surface area contributed by atoms with Crippen LogP contribution in [0.4, 0.5) is 5.69 Å². The summed E-state index contributed by atoms with van der Waals surface area (Å²) in [5.41, 5.74) is 0.312. The molecular formula is C19H21NO6. The van der Waals surface area contributed by atoms with Crippen LogP contribution in [0, 0.1) is 11.3 Å². The van der Waals surface area contributed by atoms with Crippen molar-refractivity contribution in [1.82, 2.24) is 0 Å². The molecule has 0 amide bonds. The van der Waals surface area contributed by atoms with Crippen molar-refractivity contribution in [2.24, 2.45) is 16.3 Å². The van der Waals surface area contributed by atoms with Crippen molar-refractivity contribution in [1.29, 1.82) is 0 Å². The lowest BCUT2D eigenvalue weighted by atomic mass is 9.72. The van der Waals surface area contributed by atoms with Gasteiger partial charge in [0.25, 0.3) is 5.78 Å². The second-order valence-corrected chi connectivity index (χ2v) is 6.92. The van der Waals surface area contributed by atoms with E-state index in [2.05, 4.69) is 14.5 Å². The largest absolute Gasteiger partial charge is 0.432 e. The van der Waals surface area contributed by atoms with Gasteiger partial charge in [0, 0.05) is 31.7 Å². The lowest BCUT2D eigenvalue weighted by Gasteiger charge is -2.30. The minimum Gasteiger partial charge on any atom is -0.432 e. The molecule has 7 nitrogen and oxygen atoms in total. The van der Waals surface area contributed by atoms with Gasteiger partial charge in [0.05, 0.1) is 5.69 Å². The van der Waals surface area contributed by atoms with Crippen LogP contribution in [0.15, 0.2) is 29.3 Å². The average molecular weight is 359 g/mol. The van der Waals surface area contributed by atoms with Gasteiger partial charge in [-0.3, -0.25) is 19.4 Å². The van der Waals surface area contributed by atoms with E-state index >= 15 is 0 Å². The van der Waals surface area contributed by atoms with Crippen LogP contribution in [0.1, 0.15) is 37.0 Å². The summed E-state index contributed by atoms with van der Waals surface area (Å²) >= 11 is 0. The van der Waals surface area contributed by atoms with Crippen molar-refractivity contribution in [2.45, 2.75) is 26.7 Å². The highest BCUT2D eigenvalue weighted by molar-refractivity contribution is 6.40. The van der Waals surface area contributed by atoms with Crippen molar-refractivity contribution in [3.63, 3.8) is 0 Å². The fourth-order valence-electron chi connectivity index (χ4n) is 2.73. The van der Waals surface area contributed by atoms with E-state index in [0.717, 1.165) is 0 Å². The maximum absolute atomic E-state index is 12.1. The molecule has 0 saturated heterocycles. The Morgan fingerprint density at radius 3 is 2.27 bits per heavy atom. The number of hydrogen-bond donors (Lipinski definition) is 0. The Bertz CT molecular complexity index is 728. The Morgan fingerprint density at radius 1 is 1.15 bits per heavy atom. The van der Waals surface area contributed by atoms with Crippen molar-refractivity contribution in [3.8, 4) is 0 Å². The minimum absolute atomic E-state index is 0.136. The van der Waals surface area contributed by atoms with Crippen molar-refractivity contribution < 1.29 is 28.7 Å². The molecule has 7 heteroatoms. The molecule has 1 fully saturated rings. The van der Waals surface area contributed by atoms with Gasteiger partial charge >= 0.3 is 5.97 Å². The molecule has 138 valence electrons. The third kappa shape index (κ3) is 4.92. The summed E-state index contributed by atoms with van der Waals surface area (Å²) in [6.07, 6.45) is 2.03. The number of Topliss-reactive ketones (excluding diaryl/α,β-unsaturated/α-hetero) is 3. The zero-order valence-corrected chi connectivity index (χ0v) is 15.0. The number of ketones is 3. The normalized spacial score (nSPS) is 17.5. The van der Waals surface area contributed by atoms with Crippen LogP contribution in [0.3, 0.4) is 0 Å². The summed E-state index contributed by atoms with van der Waals surface area (Å²) in [4.78, 5) is 51.8. The maximum Gasteiger partial charge on any atom is 0.381 e. The molecule has 0 radical (unpaired) electrons. The number of ether oxygens (including phenoxy) is 2. The molecular weight excluding hydrogens is 338 g/mol. The molecule has 0 bridgehead atoms. The average Bonchev–Trinajstić information content (AvgIpc) is 2.57. The molecule has 0 N–H and O–H groups in total. The molecule has 2 rings (SSSR count). The first-order valence-corrected chi connectivity index (χ1v) is 8.13. The van der Waals surface area contributed by atoms with Crippen molar-refractivity contribution in [3.05, 3.63) is 29.8 Å². The second-order valence-electron chi connectivity index (χ2n) is 6.92. The highest BCUT2D eigenvalue weighted by Crippen LogP contribution is 2.33. The van der Waals surface area contributed by atoms with Gasteiger partial charge in [-0.2, -0.15) is 0 Å². The van der Waals surface area contributed by atoms with Crippen LogP contribution in [0.5, 0.6) is 0 Å². The van der Waals surface area contributed by atoms with Crippen LogP contribution >= 0.6 is 0 Å². The fourth-order valence-corrected chi connectivity index (χ4v) is 2.73. The number of benzene rings is 1. The number of carbonyl (C=O) groups is 4. The van der Waals surface area contributed by atoms with E-state index in [1.807, 2.05) is 13.8 Å². The summed E-state index contributed by atoms with van der Waals surface area (Å²) < 4.78 is 9.16. The highest BCUT2D eigenvalue weighted by Gasteiger charge is 2.38. The van der Waals surface area contributed by atoms with Gasteiger partial charge in [-0.1, -0.05) is 13.8 Å². The quantitative estimate of drug-likeness (QED) is 0.193. The van der Waals surface area contributed by atoms with Crippen LogP contribution in [-0.4, -0.2) is 43.4 Å². The Hall–Kier alpha value is -2.67. The number of esters is 1. The zero-order valence-electron chi connectivity index (χ0n) is 15.0. The van der Waals surface area contributed by atoms with Gasteiger partial charge < -0.3 is 9.47 Å². The maximum atomic E-state index is 12.1. The fraction of sp³-hybridized carbons (Fsp3) is 0.421. The molecule has 0 heterocycles.